The smallest absolute Gasteiger partial charge is 0.226 e. The molecule has 8 nitrogen and oxygen atoms in total. The van der Waals surface area contributed by atoms with E-state index in [0.29, 0.717) is 22.9 Å². The van der Waals surface area contributed by atoms with Gasteiger partial charge in [0.05, 0.1) is 19.0 Å². The lowest BCUT2D eigenvalue weighted by atomic mass is 10.2. The lowest BCUT2D eigenvalue weighted by molar-refractivity contribution is -0.0207. The van der Waals surface area contributed by atoms with Crippen molar-refractivity contribution in [2.45, 2.75) is 51.5 Å². The van der Waals surface area contributed by atoms with E-state index in [1.54, 1.807) is 6.33 Å². The number of aliphatic hydroxyl groups excluding tert-OH is 1. The fourth-order valence-electron chi connectivity index (χ4n) is 2.56. The van der Waals surface area contributed by atoms with Crippen LogP contribution in [-0.2, 0) is 4.74 Å². The minimum atomic E-state index is -0.173. The quantitative estimate of drug-likeness (QED) is 0.763. The highest BCUT2D eigenvalue weighted by molar-refractivity contribution is 5.82. The molecule has 2 aromatic heterocycles. The van der Waals surface area contributed by atoms with Gasteiger partial charge in [0.15, 0.2) is 11.5 Å². The number of nitrogen functional groups attached to an aromatic ring is 1. The maximum Gasteiger partial charge on any atom is 0.226 e. The highest BCUT2D eigenvalue weighted by Crippen LogP contribution is 2.31. The van der Waals surface area contributed by atoms with Crippen molar-refractivity contribution in [3.63, 3.8) is 0 Å². The van der Waals surface area contributed by atoms with Crippen LogP contribution in [0.4, 0.5) is 11.8 Å². The van der Waals surface area contributed by atoms with Gasteiger partial charge in [0, 0.05) is 6.04 Å². The molecule has 1 aliphatic heterocycles. The summed E-state index contributed by atoms with van der Waals surface area (Å²) >= 11 is 0. The second kappa shape index (κ2) is 6.05. The SMILES string of the molecule is CCC(C)Nc1nc(N)c2ncn(C3CCC(CO)O3)c2n1. The number of rotatable bonds is 5. The summed E-state index contributed by atoms with van der Waals surface area (Å²) in [5.41, 5.74) is 7.22. The van der Waals surface area contributed by atoms with Gasteiger partial charge in [-0.05, 0) is 26.2 Å². The molecule has 8 heteroatoms. The number of nitrogens with two attached hydrogens (primary N) is 1. The van der Waals surface area contributed by atoms with Crippen LogP contribution in [0.2, 0.25) is 0 Å². The van der Waals surface area contributed by atoms with E-state index in [9.17, 15) is 5.11 Å². The third-order valence-corrected chi connectivity index (χ3v) is 4.04. The number of anilines is 2. The Bertz CT molecular complexity index is 658. The number of imidazole rings is 1. The molecule has 0 aromatic carbocycles. The number of aromatic nitrogens is 4. The Morgan fingerprint density at radius 3 is 3.00 bits per heavy atom. The van der Waals surface area contributed by atoms with E-state index >= 15 is 0 Å². The van der Waals surface area contributed by atoms with Gasteiger partial charge in [-0.25, -0.2) is 4.98 Å². The van der Waals surface area contributed by atoms with Crippen molar-refractivity contribution >= 4 is 22.9 Å². The molecule has 0 bridgehead atoms. The Kier molecular flexibility index (Phi) is 4.12. The Morgan fingerprint density at radius 2 is 2.32 bits per heavy atom. The van der Waals surface area contributed by atoms with Gasteiger partial charge < -0.3 is 20.9 Å². The zero-order valence-electron chi connectivity index (χ0n) is 12.9. The van der Waals surface area contributed by atoms with Gasteiger partial charge in [-0.15, -0.1) is 0 Å². The lowest BCUT2D eigenvalue weighted by Crippen LogP contribution is -2.17. The van der Waals surface area contributed by atoms with Crippen LogP contribution in [0.15, 0.2) is 6.33 Å². The first kappa shape index (κ1) is 15.0. The lowest BCUT2D eigenvalue weighted by Gasteiger charge is -2.15. The van der Waals surface area contributed by atoms with E-state index in [1.165, 1.54) is 0 Å². The van der Waals surface area contributed by atoms with E-state index in [1.807, 2.05) is 4.57 Å². The molecule has 0 saturated carbocycles. The van der Waals surface area contributed by atoms with E-state index in [2.05, 4.69) is 34.1 Å². The summed E-state index contributed by atoms with van der Waals surface area (Å²) in [5.74, 6) is 0.851. The molecule has 2 aromatic rings. The number of nitrogens with zero attached hydrogens (tertiary/aromatic N) is 4. The number of hydrogen-bond acceptors (Lipinski definition) is 7. The summed E-state index contributed by atoms with van der Waals surface area (Å²) < 4.78 is 7.66. The number of hydrogen-bond donors (Lipinski definition) is 3. The molecule has 22 heavy (non-hydrogen) atoms. The van der Waals surface area contributed by atoms with Crippen molar-refractivity contribution in [3.8, 4) is 0 Å². The van der Waals surface area contributed by atoms with Crippen LogP contribution in [0.5, 0.6) is 0 Å². The van der Waals surface area contributed by atoms with Crippen molar-refractivity contribution in [1.82, 2.24) is 19.5 Å². The van der Waals surface area contributed by atoms with Gasteiger partial charge in [0.2, 0.25) is 5.95 Å². The van der Waals surface area contributed by atoms with Crippen molar-refractivity contribution < 1.29 is 9.84 Å². The molecular weight excluding hydrogens is 284 g/mol. The van der Waals surface area contributed by atoms with Crippen LogP contribution in [0.25, 0.3) is 11.2 Å². The largest absolute Gasteiger partial charge is 0.394 e. The van der Waals surface area contributed by atoms with Gasteiger partial charge in [-0.1, -0.05) is 6.92 Å². The van der Waals surface area contributed by atoms with Crippen LogP contribution in [0.3, 0.4) is 0 Å². The van der Waals surface area contributed by atoms with Gasteiger partial charge in [-0.3, -0.25) is 4.57 Å². The zero-order chi connectivity index (χ0) is 15.7. The van der Waals surface area contributed by atoms with Crippen molar-refractivity contribution in [3.05, 3.63) is 6.33 Å². The zero-order valence-corrected chi connectivity index (χ0v) is 12.9. The third-order valence-electron chi connectivity index (χ3n) is 4.04. The average Bonchev–Trinajstić information content (AvgIpc) is 3.13. The summed E-state index contributed by atoms with van der Waals surface area (Å²) in [6.07, 6.45) is 3.97. The number of fused-ring (bicyclic) bond motifs is 1. The minimum Gasteiger partial charge on any atom is -0.394 e. The standard InChI is InChI=1S/C14H22N6O2/c1-3-8(2)17-14-18-12(15)11-13(19-14)20(7-16-11)10-5-4-9(6-21)22-10/h7-10,21H,3-6H2,1-2H3,(H3,15,17,18,19). The predicted octanol–water partition coefficient (Wildman–Crippen LogP) is 1.29. The van der Waals surface area contributed by atoms with Crippen molar-refractivity contribution in [2.75, 3.05) is 17.7 Å². The molecule has 120 valence electrons. The normalized spacial score (nSPS) is 23.0. The number of ether oxygens (including phenoxy) is 1. The van der Waals surface area contributed by atoms with E-state index in [-0.39, 0.29) is 25.0 Å². The van der Waals surface area contributed by atoms with Crippen LogP contribution in [0, 0.1) is 0 Å². The molecule has 1 saturated heterocycles. The first-order chi connectivity index (χ1) is 10.6. The topological polar surface area (TPSA) is 111 Å². The minimum absolute atomic E-state index is 0.0288. The monoisotopic (exact) mass is 306 g/mol. The fraction of sp³-hybridized carbons (Fsp3) is 0.643. The number of nitrogens with one attached hydrogen (secondary N) is 1. The molecule has 3 heterocycles. The Morgan fingerprint density at radius 1 is 1.50 bits per heavy atom. The molecule has 0 aliphatic carbocycles. The highest BCUT2D eigenvalue weighted by Gasteiger charge is 2.28. The van der Waals surface area contributed by atoms with E-state index in [0.717, 1.165) is 19.3 Å². The summed E-state index contributed by atoms with van der Waals surface area (Å²) in [6.45, 7) is 4.18. The second-order valence-electron chi connectivity index (χ2n) is 5.68. The molecule has 1 aliphatic rings. The van der Waals surface area contributed by atoms with Crippen LogP contribution in [-0.4, -0.2) is 43.4 Å². The summed E-state index contributed by atoms with van der Waals surface area (Å²) in [7, 11) is 0. The first-order valence-electron chi connectivity index (χ1n) is 7.65. The van der Waals surface area contributed by atoms with Crippen molar-refractivity contribution in [2.24, 2.45) is 0 Å². The molecule has 0 spiro atoms. The summed E-state index contributed by atoms with van der Waals surface area (Å²) in [5, 5.41) is 12.4. The molecule has 1 fully saturated rings. The molecular formula is C14H22N6O2. The summed E-state index contributed by atoms with van der Waals surface area (Å²) in [6, 6.07) is 0.259. The first-order valence-corrected chi connectivity index (χ1v) is 7.65. The molecule has 3 unspecified atom stereocenters. The Balaban J connectivity index is 1.94. The second-order valence-corrected chi connectivity index (χ2v) is 5.68. The van der Waals surface area contributed by atoms with Crippen LogP contribution < -0.4 is 11.1 Å². The average molecular weight is 306 g/mol. The molecule has 4 N–H and O–H groups in total. The highest BCUT2D eigenvalue weighted by atomic mass is 16.5. The molecule has 3 atom stereocenters. The van der Waals surface area contributed by atoms with Gasteiger partial charge in [0.25, 0.3) is 0 Å². The van der Waals surface area contributed by atoms with E-state index < -0.39 is 0 Å². The maximum absolute atomic E-state index is 9.20. The van der Waals surface area contributed by atoms with Gasteiger partial charge in [0.1, 0.15) is 11.7 Å². The van der Waals surface area contributed by atoms with E-state index in [4.69, 9.17) is 10.5 Å². The van der Waals surface area contributed by atoms with Crippen LogP contribution in [0.1, 0.15) is 39.3 Å². The van der Waals surface area contributed by atoms with Crippen molar-refractivity contribution in [1.29, 1.82) is 0 Å². The van der Waals surface area contributed by atoms with Gasteiger partial charge in [-0.2, -0.15) is 9.97 Å². The van der Waals surface area contributed by atoms with Crippen LogP contribution >= 0.6 is 0 Å². The number of aliphatic hydroxyl groups is 1. The maximum atomic E-state index is 9.20. The fourth-order valence-corrected chi connectivity index (χ4v) is 2.56. The predicted molar refractivity (Wildman–Crippen MR) is 83.3 cm³/mol. The molecule has 0 amide bonds. The van der Waals surface area contributed by atoms with Gasteiger partial charge >= 0.3 is 0 Å². The molecule has 0 radical (unpaired) electrons. The summed E-state index contributed by atoms with van der Waals surface area (Å²) in [4.78, 5) is 13.1. The Labute approximate surface area is 128 Å². The third kappa shape index (κ3) is 2.71. The Hall–Kier alpha value is -1.93. The molecule has 3 rings (SSSR count).